The van der Waals surface area contributed by atoms with E-state index in [-0.39, 0.29) is 11.2 Å². The average molecular weight is 289 g/mol. The Morgan fingerprint density at radius 1 is 1.15 bits per heavy atom. The smallest absolute Gasteiger partial charge is 0.267 e. The number of aryl methyl sites for hydroxylation is 1. The summed E-state index contributed by atoms with van der Waals surface area (Å²) >= 11 is 6.07. The summed E-state index contributed by atoms with van der Waals surface area (Å²) in [6.07, 6.45) is 0. The van der Waals surface area contributed by atoms with E-state index in [0.717, 1.165) is 0 Å². The van der Waals surface area contributed by atoms with Crippen LogP contribution in [0.15, 0.2) is 47.3 Å². The fraction of sp³-hybridized carbons (Fsp3) is 0.0667. The molecule has 1 heterocycles. The molecule has 0 fully saturated rings. The van der Waals surface area contributed by atoms with Crippen molar-refractivity contribution in [3.05, 3.63) is 69.5 Å². The Morgan fingerprint density at radius 3 is 2.65 bits per heavy atom. The van der Waals surface area contributed by atoms with Crippen LogP contribution in [-0.4, -0.2) is 9.55 Å². The van der Waals surface area contributed by atoms with Crippen LogP contribution >= 0.6 is 11.6 Å². The zero-order valence-corrected chi connectivity index (χ0v) is 11.4. The zero-order chi connectivity index (χ0) is 14.3. The molecule has 5 heteroatoms. The van der Waals surface area contributed by atoms with E-state index in [1.54, 1.807) is 37.3 Å². The molecular weight excluding hydrogens is 279 g/mol. The minimum atomic E-state index is -0.481. The Hall–Kier alpha value is -2.20. The molecule has 1 aromatic heterocycles. The van der Waals surface area contributed by atoms with Crippen LogP contribution in [0.3, 0.4) is 0 Å². The van der Waals surface area contributed by atoms with Crippen LogP contribution in [0.25, 0.3) is 16.6 Å². The van der Waals surface area contributed by atoms with Crippen LogP contribution in [0.2, 0.25) is 5.02 Å². The molecule has 0 bridgehead atoms. The molecule has 0 saturated heterocycles. The minimum absolute atomic E-state index is 0.171. The lowest BCUT2D eigenvalue weighted by Crippen LogP contribution is -2.23. The number of halogens is 2. The summed E-state index contributed by atoms with van der Waals surface area (Å²) < 4.78 is 15.2. The summed E-state index contributed by atoms with van der Waals surface area (Å²) in [5, 5.41) is 0.605. The van der Waals surface area contributed by atoms with E-state index in [0.29, 0.717) is 21.7 Å². The summed E-state index contributed by atoms with van der Waals surface area (Å²) in [5.74, 6) is -0.0687. The van der Waals surface area contributed by atoms with E-state index >= 15 is 0 Å². The van der Waals surface area contributed by atoms with Crippen LogP contribution in [0.5, 0.6) is 0 Å². The Balaban J connectivity index is 2.47. The first-order chi connectivity index (χ1) is 9.59. The molecule has 0 atom stereocenters. The summed E-state index contributed by atoms with van der Waals surface area (Å²) in [4.78, 5) is 16.9. The molecule has 0 amide bonds. The quantitative estimate of drug-likeness (QED) is 0.687. The summed E-state index contributed by atoms with van der Waals surface area (Å²) in [5.41, 5.74) is 0.306. The van der Waals surface area contributed by atoms with Gasteiger partial charge in [0.1, 0.15) is 11.6 Å². The Labute approximate surface area is 119 Å². The highest BCUT2D eigenvalue weighted by atomic mass is 35.5. The molecule has 0 unspecified atom stereocenters. The number of hydrogen-bond acceptors (Lipinski definition) is 2. The van der Waals surface area contributed by atoms with E-state index < -0.39 is 5.82 Å². The average Bonchev–Trinajstić information content (AvgIpc) is 2.40. The summed E-state index contributed by atoms with van der Waals surface area (Å²) in [7, 11) is 0. The molecule has 0 aliphatic heterocycles. The minimum Gasteiger partial charge on any atom is -0.268 e. The van der Waals surface area contributed by atoms with Gasteiger partial charge in [0, 0.05) is 0 Å². The molecule has 3 aromatic rings. The van der Waals surface area contributed by atoms with Crippen molar-refractivity contribution in [2.24, 2.45) is 0 Å². The molecule has 0 radical (unpaired) electrons. The van der Waals surface area contributed by atoms with Gasteiger partial charge in [-0.25, -0.2) is 9.37 Å². The predicted molar refractivity (Wildman–Crippen MR) is 77.0 cm³/mol. The molecule has 0 aliphatic rings. The molecule has 0 spiro atoms. The van der Waals surface area contributed by atoms with E-state index in [1.807, 2.05) is 0 Å². The summed E-state index contributed by atoms with van der Waals surface area (Å²) in [6.45, 7) is 1.66. The van der Waals surface area contributed by atoms with E-state index in [1.165, 1.54) is 16.7 Å². The van der Waals surface area contributed by atoms with Crippen LogP contribution in [0.4, 0.5) is 4.39 Å². The van der Waals surface area contributed by atoms with Crippen LogP contribution in [0, 0.1) is 12.7 Å². The number of rotatable bonds is 1. The molecular formula is C15H10ClFN2O. The Kier molecular flexibility index (Phi) is 3.03. The number of nitrogens with zero attached hydrogens (tertiary/aromatic N) is 2. The van der Waals surface area contributed by atoms with Crippen molar-refractivity contribution in [1.82, 2.24) is 9.55 Å². The maximum atomic E-state index is 13.9. The normalized spacial score (nSPS) is 10.9. The van der Waals surface area contributed by atoms with Crippen molar-refractivity contribution in [2.45, 2.75) is 6.92 Å². The third-order valence-corrected chi connectivity index (χ3v) is 3.42. The molecule has 3 nitrogen and oxygen atoms in total. The standard InChI is InChI=1S/C15H10ClFN2O/c1-9-18-12-7-4-5-10(16)14(12)15(20)19(9)13-8-3-2-6-11(13)17/h2-8H,1H3. The lowest BCUT2D eigenvalue weighted by molar-refractivity contribution is 0.613. The number of benzene rings is 2. The fourth-order valence-corrected chi connectivity index (χ4v) is 2.47. The second-order valence-corrected chi connectivity index (χ2v) is 4.79. The molecule has 3 rings (SSSR count). The number of para-hydroxylation sites is 1. The van der Waals surface area contributed by atoms with Gasteiger partial charge in [0.2, 0.25) is 0 Å². The van der Waals surface area contributed by atoms with Gasteiger partial charge in [-0.3, -0.25) is 9.36 Å². The predicted octanol–water partition coefficient (Wildman–Crippen LogP) is 3.49. The third kappa shape index (κ3) is 1.89. The van der Waals surface area contributed by atoms with Crippen molar-refractivity contribution in [3.63, 3.8) is 0 Å². The van der Waals surface area contributed by atoms with Crippen molar-refractivity contribution in [3.8, 4) is 5.69 Å². The largest absolute Gasteiger partial charge is 0.268 e. The summed E-state index contributed by atoms with van der Waals surface area (Å²) in [6, 6.07) is 11.1. The van der Waals surface area contributed by atoms with Gasteiger partial charge in [0.15, 0.2) is 0 Å². The van der Waals surface area contributed by atoms with Gasteiger partial charge >= 0.3 is 0 Å². The highest BCUT2D eigenvalue weighted by Crippen LogP contribution is 2.20. The monoisotopic (exact) mass is 288 g/mol. The number of hydrogen-bond donors (Lipinski definition) is 0. The lowest BCUT2D eigenvalue weighted by Gasteiger charge is -2.12. The number of fused-ring (bicyclic) bond motifs is 1. The first-order valence-electron chi connectivity index (χ1n) is 6.02. The first kappa shape index (κ1) is 12.8. The molecule has 100 valence electrons. The molecule has 2 aromatic carbocycles. The van der Waals surface area contributed by atoms with Crippen LogP contribution < -0.4 is 5.56 Å². The Morgan fingerprint density at radius 2 is 1.90 bits per heavy atom. The highest BCUT2D eigenvalue weighted by Gasteiger charge is 2.14. The Bertz CT molecular complexity index is 873. The van der Waals surface area contributed by atoms with Gasteiger partial charge in [0.25, 0.3) is 5.56 Å². The zero-order valence-electron chi connectivity index (χ0n) is 10.6. The van der Waals surface area contributed by atoms with Gasteiger partial charge in [-0.2, -0.15) is 0 Å². The second-order valence-electron chi connectivity index (χ2n) is 4.38. The van der Waals surface area contributed by atoms with Gasteiger partial charge in [0.05, 0.1) is 21.6 Å². The molecule has 0 N–H and O–H groups in total. The van der Waals surface area contributed by atoms with Gasteiger partial charge in [-0.05, 0) is 31.2 Å². The van der Waals surface area contributed by atoms with Crippen molar-refractivity contribution < 1.29 is 4.39 Å². The third-order valence-electron chi connectivity index (χ3n) is 3.11. The molecule has 0 saturated carbocycles. The van der Waals surface area contributed by atoms with Gasteiger partial charge < -0.3 is 0 Å². The van der Waals surface area contributed by atoms with Crippen molar-refractivity contribution >= 4 is 22.5 Å². The fourth-order valence-electron chi connectivity index (χ4n) is 2.22. The topological polar surface area (TPSA) is 34.9 Å². The van der Waals surface area contributed by atoms with Crippen molar-refractivity contribution in [2.75, 3.05) is 0 Å². The molecule has 20 heavy (non-hydrogen) atoms. The first-order valence-corrected chi connectivity index (χ1v) is 6.40. The maximum Gasteiger partial charge on any atom is 0.267 e. The second kappa shape index (κ2) is 4.72. The lowest BCUT2D eigenvalue weighted by atomic mass is 10.2. The van der Waals surface area contributed by atoms with Crippen molar-refractivity contribution in [1.29, 1.82) is 0 Å². The highest BCUT2D eigenvalue weighted by molar-refractivity contribution is 6.35. The maximum absolute atomic E-state index is 13.9. The van der Waals surface area contributed by atoms with E-state index in [9.17, 15) is 9.18 Å². The van der Waals surface area contributed by atoms with Gasteiger partial charge in [-0.15, -0.1) is 0 Å². The van der Waals surface area contributed by atoms with Gasteiger partial charge in [-0.1, -0.05) is 29.8 Å². The van der Waals surface area contributed by atoms with Crippen LogP contribution in [-0.2, 0) is 0 Å². The van der Waals surface area contributed by atoms with Crippen LogP contribution in [0.1, 0.15) is 5.82 Å². The molecule has 0 aliphatic carbocycles. The number of aromatic nitrogens is 2. The van der Waals surface area contributed by atoms with E-state index in [4.69, 9.17) is 11.6 Å². The SMILES string of the molecule is Cc1nc2cccc(Cl)c2c(=O)n1-c1ccccc1F. The van der Waals surface area contributed by atoms with E-state index in [2.05, 4.69) is 4.98 Å².